The SMILES string of the molecule is CSC1(C=O)S[C@@H]2[C@@H](CCO)C(=O)N2C1C(=O)O. The standard InChI is InChI=1S/C10H13NO5S2/c1-17-10(4-13)6(9(15)16)11-7(14)5(2-3-12)8(11)18-10/h4-6,8,12H,2-3H2,1H3,(H,15,16)/t5-,6?,8+,10?/m0/s1. The van der Waals surface area contributed by atoms with Crippen molar-refractivity contribution in [3.05, 3.63) is 0 Å². The van der Waals surface area contributed by atoms with E-state index in [1.807, 2.05) is 0 Å². The number of carbonyl (C=O) groups excluding carboxylic acids is 2. The molecular formula is C10H13NO5S2. The maximum absolute atomic E-state index is 11.9. The monoisotopic (exact) mass is 291 g/mol. The van der Waals surface area contributed by atoms with E-state index < -0.39 is 16.1 Å². The largest absolute Gasteiger partial charge is 0.480 e. The van der Waals surface area contributed by atoms with E-state index in [0.29, 0.717) is 12.7 Å². The molecular weight excluding hydrogens is 278 g/mol. The zero-order valence-corrected chi connectivity index (χ0v) is 11.2. The summed E-state index contributed by atoms with van der Waals surface area (Å²) in [6.07, 6.45) is 2.58. The number of carboxylic acid groups (broad SMARTS) is 1. The van der Waals surface area contributed by atoms with E-state index >= 15 is 0 Å². The average molecular weight is 291 g/mol. The van der Waals surface area contributed by atoms with E-state index in [9.17, 15) is 19.5 Å². The quantitative estimate of drug-likeness (QED) is 0.526. The summed E-state index contributed by atoms with van der Waals surface area (Å²) in [6.45, 7) is -0.119. The summed E-state index contributed by atoms with van der Waals surface area (Å²) >= 11 is 2.35. The Hall–Kier alpha value is -0.730. The Bertz CT molecular complexity index is 404. The molecule has 0 aromatic heterocycles. The highest BCUT2D eigenvalue weighted by Crippen LogP contribution is 2.57. The van der Waals surface area contributed by atoms with Crippen LogP contribution in [-0.2, 0) is 14.4 Å². The molecule has 0 aromatic rings. The number of rotatable bonds is 5. The minimum absolute atomic E-state index is 0.119. The van der Waals surface area contributed by atoms with Crippen LogP contribution in [0, 0.1) is 5.92 Å². The van der Waals surface area contributed by atoms with Crippen molar-refractivity contribution < 1.29 is 24.6 Å². The molecule has 2 unspecified atom stereocenters. The van der Waals surface area contributed by atoms with Gasteiger partial charge in [0.2, 0.25) is 5.91 Å². The fraction of sp³-hybridized carbons (Fsp3) is 0.700. The molecule has 0 bridgehead atoms. The second-order valence-electron chi connectivity index (χ2n) is 4.16. The number of hydrogen-bond acceptors (Lipinski definition) is 6. The molecule has 0 spiro atoms. The van der Waals surface area contributed by atoms with Gasteiger partial charge in [0, 0.05) is 6.61 Å². The van der Waals surface area contributed by atoms with Crippen molar-refractivity contribution >= 4 is 41.7 Å². The second kappa shape index (κ2) is 4.75. The van der Waals surface area contributed by atoms with E-state index in [1.54, 1.807) is 6.26 Å². The van der Waals surface area contributed by atoms with E-state index in [-0.39, 0.29) is 23.8 Å². The number of aliphatic hydroxyl groups is 1. The predicted molar refractivity (Wildman–Crippen MR) is 67.2 cm³/mol. The first-order chi connectivity index (χ1) is 8.52. The minimum atomic E-state index is -1.16. The van der Waals surface area contributed by atoms with Crippen LogP contribution in [0.3, 0.4) is 0 Å². The van der Waals surface area contributed by atoms with Crippen molar-refractivity contribution in [2.75, 3.05) is 12.9 Å². The molecule has 0 aromatic carbocycles. The molecule has 2 saturated heterocycles. The summed E-state index contributed by atoms with van der Waals surface area (Å²) < 4.78 is -1.14. The number of aldehydes is 1. The van der Waals surface area contributed by atoms with Crippen molar-refractivity contribution in [1.29, 1.82) is 0 Å². The van der Waals surface area contributed by atoms with E-state index in [0.717, 1.165) is 11.8 Å². The van der Waals surface area contributed by atoms with E-state index in [2.05, 4.69) is 0 Å². The summed E-state index contributed by atoms with van der Waals surface area (Å²) in [5, 5.41) is 17.8. The molecule has 2 aliphatic heterocycles. The van der Waals surface area contributed by atoms with Gasteiger partial charge in [-0.1, -0.05) is 0 Å². The molecule has 2 N–H and O–H groups in total. The molecule has 1 amide bonds. The van der Waals surface area contributed by atoms with Gasteiger partial charge in [0.25, 0.3) is 0 Å². The van der Waals surface area contributed by atoms with Crippen LogP contribution < -0.4 is 0 Å². The maximum atomic E-state index is 11.9. The molecule has 2 fully saturated rings. The predicted octanol–water partition coefficient (Wildman–Crippen LogP) is -0.389. The Morgan fingerprint density at radius 1 is 1.67 bits per heavy atom. The van der Waals surface area contributed by atoms with Gasteiger partial charge in [0.1, 0.15) is 10.4 Å². The number of carbonyl (C=O) groups is 3. The zero-order valence-electron chi connectivity index (χ0n) is 9.61. The first kappa shape index (κ1) is 13.7. The number of aliphatic carboxylic acids is 1. The lowest BCUT2D eigenvalue weighted by molar-refractivity contribution is -0.163. The molecule has 2 rings (SSSR count). The maximum Gasteiger partial charge on any atom is 0.329 e. The Morgan fingerprint density at radius 3 is 2.78 bits per heavy atom. The lowest BCUT2D eigenvalue weighted by Crippen LogP contribution is -2.63. The molecule has 6 nitrogen and oxygen atoms in total. The Labute approximate surface area is 112 Å². The number of nitrogens with zero attached hydrogens (tertiary/aromatic N) is 1. The normalized spacial score (nSPS) is 38.2. The molecule has 0 radical (unpaired) electrons. The number of β-lactam (4-membered cyclic amide) rings is 1. The zero-order chi connectivity index (χ0) is 13.5. The molecule has 2 aliphatic rings. The number of amides is 1. The fourth-order valence-electron chi connectivity index (χ4n) is 2.41. The third kappa shape index (κ3) is 1.66. The van der Waals surface area contributed by atoms with E-state index in [4.69, 9.17) is 5.11 Å². The van der Waals surface area contributed by atoms with Crippen LogP contribution in [0.15, 0.2) is 0 Å². The number of carboxylic acids is 1. The van der Waals surface area contributed by atoms with Gasteiger partial charge in [0.15, 0.2) is 6.04 Å². The van der Waals surface area contributed by atoms with E-state index in [1.165, 1.54) is 16.7 Å². The Kier molecular flexibility index (Phi) is 3.61. The molecule has 0 aliphatic carbocycles. The van der Waals surface area contributed by atoms with Gasteiger partial charge in [0.05, 0.1) is 11.3 Å². The summed E-state index contributed by atoms with van der Waals surface area (Å²) in [7, 11) is 0. The van der Waals surface area contributed by atoms with Crippen LogP contribution in [0.2, 0.25) is 0 Å². The number of fused-ring (bicyclic) bond motifs is 1. The number of hydrogen-bond donors (Lipinski definition) is 2. The van der Waals surface area contributed by atoms with Crippen molar-refractivity contribution in [3.8, 4) is 0 Å². The first-order valence-electron chi connectivity index (χ1n) is 5.37. The van der Waals surface area contributed by atoms with Gasteiger partial charge in [-0.05, 0) is 12.7 Å². The lowest BCUT2D eigenvalue weighted by atomic mass is 9.92. The Balaban J connectivity index is 2.31. The molecule has 100 valence electrons. The molecule has 8 heteroatoms. The van der Waals surface area contributed by atoms with Crippen LogP contribution in [0.4, 0.5) is 0 Å². The molecule has 0 saturated carbocycles. The van der Waals surface area contributed by atoms with Crippen LogP contribution in [-0.4, -0.2) is 61.6 Å². The second-order valence-corrected chi connectivity index (χ2v) is 6.89. The average Bonchev–Trinajstić information content (AvgIpc) is 2.68. The van der Waals surface area contributed by atoms with Gasteiger partial charge in [-0.25, -0.2) is 4.79 Å². The smallest absolute Gasteiger partial charge is 0.329 e. The van der Waals surface area contributed by atoms with Gasteiger partial charge in [-0.3, -0.25) is 4.79 Å². The van der Waals surface area contributed by atoms with Crippen LogP contribution in [0.25, 0.3) is 0 Å². The van der Waals surface area contributed by atoms with Crippen molar-refractivity contribution in [2.24, 2.45) is 5.92 Å². The highest BCUT2D eigenvalue weighted by molar-refractivity contribution is 8.19. The Morgan fingerprint density at radius 2 is 2.33 bits per heavy atom. The number of thioether (sulfide) groups is 2. The summed E-state index contributed by atoms with van der Waals surface area (Å²) in [6, 6.07) is -1.12. The van der Waals surface area contributed by atoms with Crippen molar-refractivity contribution in [3.63, 3.8) is 0 Å². The van der Waals surface area contributed by atoms with Gasteiger partial charge < -0.3 is 19.9 Å². The molecule has 4 atom stereocenters. The van der Waals surface area contributed by atoms with Crippen LogP contribution in [0.5, 0.6) is 0 Å². The molecule has 18 heavy (non-hydrogen) atoms. The molecule has 2 heterocycles. The summed E-state index contributed by atoms with van der Waals surface area (Å²) in [5.74, 6) is -1.83. The fourth-order valence-corrected chi connectivity index (χ4v) is 5.15. The van der Waals surface area contributed by atoms with Gasteiger partial charge >= 0.3 is 5.97 Å². The topological polar surface area (TPSA) is 94.9 Å². The summed E-state index contributed by atoms with van der Waals surface area (Å²) in [4.78, 5) is 35.7. The van der Waals surface area contributed by atoms with Gasteiger partial charge in [-0.15, -0.1) is 23.5 Å². The first-order valence-corrected chi connectivity index (χ1v) is 7.48. The third-order valence-corrected chi connectivity index (χ3v) is 6.54. The third-order valence-electron chi connectivity index (χ3n) is 3.31. The van der Waals surface area contributed by atoms with Crippen molar-refractivity contribution in [1.82, 2.24) is 4.90 Å². The van der Waals surface area contributed by atoms with Crippen LogP contribution >= 0.6 is 23.5 Å². The summed E-state index contributed by atoms with van der Waals surface area (Å²) in [5.41, 5.74) is 0. The van der Waals surface area contributed by atoms with Crippen LogP contribution in [0.1, 0.15) is 6.42 Å². The number of aliphatic hydroxyl groups excluding tert-OH is 1. The van der Waals surface area contributed by atoms with Crippen molar-refractivity contribution in [2.45, 2.75) is 21.9 Å². The highest BCUT2D eigenvalue weighted by Gasteiger charge is 2.66. The van der Waals surface area contributed by atoms with Gasteiger partial charge in [-0.2, -0.15) is 0 Å². The minimum Gasteiger partial charge on any atom is -0.480 e. The highest BCUT2D eigenvalue weighted by atomic mass is 32.2. The lowest BCUT2D eigenvalue weighted by Gasteiger charge is -2.43.